The van der Waals surface area contributed by atoms with Crippen molar-refractivity contribution in [3.63, 3.8) is 0 Å². The number of hydrogen-bond donors (Lipinski definition) is 0. The van der Waals surface area contributed by atoms with Gasteiger partial charge in [0.1, 0.15) is 0 Å². The third kappa shape index (κ3) is 5.17. The Kier molecular flexibility index (Phi) is 7.49. The first-order valence-electron chi connectivity index (χ1n) is 13.9. The molecule has 1 aliphatic carbocycles. The average Bonchev–Trinajstić information content (AvgIpc) is 3.61. The van der Waals surface area contributed by atoms with E-state index in [0.29, 0.717) is 18.4 Å². The van der Waals surface area contributed by atoms with Crippen LogP contribution in [0.5, 0.6) is 0 Å². The predicted octanol–water partition coefficient (Wildman–Crippen LogP) is 4.98. The van der Waals surface area contributed by atoms with E-state index in [-0.39, 0.29) is 17.8 Å². The van der Waals surface area contributed by atoms with Gasteiger partial charge in [-0.05, 0) is 71.1 Å². The second-order valence-electron chi connectivity index (χ2n) is 11.3. The minimum Gasteiger partial charge on any atom is -0.359 e. The SMILES string of the molecule is C=C1[C@@H](C)N(C2CCCC2)c2cc(-c3nc(C(=O)N(C)CCN(C)C)nn3-c3ccc(C)cc3)ccc2N1C. The lowest BCUT2D eigenvalue weighted by atomic mass is 9.99. The molecule has 1 fully saturated rings. The Morgan fingerprint density at radius 2 is 1.72 bits per heavy atom. The fourth-order valence-corrected chi connectivity index (χ4v) is 5.73. The summed E-state index contributed by atoms with van der Waals surface area (Å²) >= 11 is 0. The van der Waals surface area contributed by atoms with Crippen LogP contribution in [-0.4, -0.2) is 83.8 Å². The molecule has 1 aliphatic heterocycles. The molecule has 0 radical (unpaired) electrons. The van der Waals surface area contributed by atoms with Crippen LogP contribution < -0.4 is 9.80 Å². The van der Waals surface area contributed by atoms with Crippen LogP contribution in [0.25, 0.3) is 17.1 Å². The van der Waals surface area contributed by atoms with Crippen LogP contribution >= 0.6 is 0 Å². The number of anilines is 2. The summed E-state index contributed by atoms with van der Waals surface area (Å²) in [5.74, 6) is 0.687. The summed E-state index contributed by atoms with van der Waals surface area (Å²) in [5, 5.41) is 4.75. The highest BCUT2D eigenvalue weighted by Crippen LogP contribution is 2.44. The molecule has 3 aromatic rings. The van der Waals surface area contributed by atoms with Crippen LogP contribution in [0.2, 0.25) is 0 Å². The molecule has 1 atom stereocenters. The van der Waals surface area contributed by atoms with Gasteiger partial charge in [-0.1, -0.05) is 37.1 Å². The summed E-state index contributed by atoms with van der Waals surface area (Å²) in [6.45, 7) is 10.1. The van der Waals surface area contributed by atoms with E-state index in [1.165, 1.54) is 36.9 Å². The Bertz CT molecular complexity index is 1350. The Morgan fingerprint density at radius 3 is 2.38 bits per heavy atom. The maximum atomic E-state index is 13.4. The molecule has 39 heavy (non-hydrogen) atoms. The molecule has 5 rings (SSSR count). The molecule has 206 valence electrons. The van der Waals surface area contributed by atoms with Crippen molar-refractivity contribution in [3.8, 4) is 17.1 Å². The maximum absolute atomic E-state index is 13.4. The first-order chi connectivity index (χ1) is 18.7. The largest absolute Gasteiger partial charge is 0.359 e. The van der Waals surface area contributed by atoms with Gasteiger partial charge in [0.15, 0.2) is 5.82 Å². The molecular formula is C31H41N7O. The molecule has 8 heteroatoms. The summed E-state index contributed by atoms with van der Waals surface area (Å²) in [4.78, 5) is 26.7. The second kappa shape index (κ2) is 10.8. The second-order valence-corrected chi connectivity index (χ2v) is 11.3. The molecule has 0 unspecified atom stereocenters. The summed E-state index contributed by atoms with van der Waals surface area (Å²) in [6, 6.07) is 15.3. The molecule has 1 aromatic heterocycles. The normalized spacial score (nSPS) is 17.7. The van der Waals surface area contributed by atoms with Gasteiger partial charge in [-0.25, -0.2) is 9.67 Å². The minimum absolute atomic E-state index is 0.181. The number of likely N-dealkylation sites (N-methyl/N-ethyl adjacent to an activating group) is 3. The maximum Gasteiger partial charge on any atom is 0.293 e. The third-order valence-electron chi connectivity index (χ3n) is 8.23. The van der Waals surface area contributed by atoms with Gasteiger partial charge in [-0.2, -0.15) is 0 Å². The Balaban J connectivity index is 1.60. The first kappa shape index (κ1) is 26.9. The zero-order valence-electron chi connectivity index (χ0n) is 24.2. The van der Waals surface area contributed by atoms with Crippen molar-refractivity contribution in [2.75, 3.05) is 51.1 Å². The number of benzene rings is 2. The van der Waals surface area contributed by atoms with E-state index in [9.17, 15) is 4.79 Å². The molecule has 1 saturated carbocycles. The number of aromatic nitrogens is 3. The Morgan fingerprint density at radius 1 is 1.03 bits per heavy atom. The van der Waals surface area contributed by atoms with Gasteiger partial charge in [0, 0.05) is 44.5 Å². The zero-order chi connectivity index (χ0) is 27.8. The van der Waals surface area contributed by atoms with Crippen molar-refractivity contribution in [2.45, 2.75) is 51.6 Å². The van der Waals surface area contributed by atoms with E-state index in [0.717, 1.165) is 29.2 Å². The molecule has 1 amide bonds. The Hall–Kier alpha value is -3.65. The smallest absolute Gasteiger partial charge is 0.293 e. The van der Waals surface area contributed by atoms with Crippen LogP contribution in [0.1, 0.15) is 48.8 Å². The summed E-state index contributed by atoms with van der Waals surface area (Å²) in [6.07, 6.45) is 4.92. The van der Waals surface area contributed by atoms with Crippen LogP contribution in [0.15, 0.2) is 54.7 Å². The topological polar surface area (TPSA) is 60.7 Å². The van der Waals surface area contributed by atoms with Crippen molar-refractivity contribution < 1.29 is 4.79 Å². The quantitative estimate of drug-likeness (QED) is 0.432. The van der Waals surface area contributed by atoms with Gasteiger partial charge in [0.05, 0.1) is 23.1 Å². The van der Waals surface area contributed by atoms with E-state index in [2.05, 4.69) is 72.5 Å². The number of nitrogens with zero attached hydrogens (tertiary/aromatic N) is 7. The molecule has 0 bridgehead atoms. The number of aryl methyl sites for hydroxylation is 1. The average molecular weight is 528 g/mol. The molecule has 2 heterocycles. The highest BCUT2D eigenvalue weighted by Gasteiger charge is 2.35. The first-order valence-corrected chi connectivity index (χ1v) is 13.9. The molecular weight excluding hydrogens is 486 g/mol. The number of carbonyl (C=O) groups excluding carboxylic acids is 1. The van der Waals surface area contributed by atoms with Gasteiger partial charge in [-0.15, -0.1) is 5.10 Å². The lowest BCUT2D eigenvalue weighted by Gasteiger charge is -2.46. The lowest BCUT2D eigenvalue weighted by molar-refractivity contribution is 0.0774. The van der Waals surface area contributed by atoms with Crippen LogP contribution in [0.3, 0.4) is 0 Å². The van der Waals surface area contributed by atoms with Crippen molar-refractivity contribution in [3.05, 3.63) is 66.1 Å². The number of rotatable bonds is 7. The van der Waals surface area contributed by atoms with Gasteiger partial charge >= 0.3 is 0 Å². The molecule has 2 aromatic carbocycles. The van der Waals surface area contributed by atoms with Gasteiger partial charge in [0.2, 0.25) is 5.82 Å². The standard InChI is InChI=1S/C31H41N7O/c1-21-12-15-26(16-13-21)38-30(32-29(33-38)31(39)35(6)19-18-34(4)5)24-14-17-27-28(20-24)37(25-10-8-9-11-25)23(3)22(2)36(27)7/h12-17,20,23,25H,2,8-11,18-19H2,1,3-7H3/t23-/m1/s1. The van der Waals surface area contributed by atoms with E-state index in [1.807, 2.05) is 30.9 Å². The van der Waals surface area contributed by atoms with E-state index >= 15 is 0 Å². The van der Waals surface area contributed by atoms with Crippen molar-refractivity contribution >= 4 is 17.3 Å². The monoisotopic (exact) mass is 527 g/mol. The fraction of sp³-hybridized carbons (Fsp3) is 0.452. The van der Waals surface area contributed by atoms with Gasteiger partial charge in [-0.3, -0.25) is 4.79 Å². The number of hydrogen-bond acceptors (Lipinski definition) is 6. The predicted molar refractivity (Wildman–Crippen MR) is 159 cm³/mol. The zero-order valence-corrected chi connectivity index (χ0v) is 24.2. The third-order valence-corrected chi connectivity index (χ3v) is 8.23. The van der Waals surface area contributed by atoms with Gasteiger partial charge < -0.3 is 19.6 Å². The molecule has 2 aliphatic rings. The van der Waals surface area contributed by atoms with E-state index in [4.69, 9.17) is 10.1 Å². The summed E-state index contributed by atoms with van der Waals surface area (Å²) in [5.41, 5.74) is 6.43. The number of fused-ring (bicyclic) bond motifs is 1. The van der Waals surface area contributed by atoms with E-state index < -0.39 is 0 Å². The lowest BCUT2D eigenvalue weighted by Crippen LogP contribution is -2.48. The molecule has 0 spiro atoms. The van der Waals surface area contributed by atoms with Crippen LogP contribution in [0, 0.1) is 6.92 Å². The van der Waals surface area contributed by atoms with Crippen LogP contribution in [-0.2, 0) is 0 Å². The molecule has 0 saturated heterocycles. The minimum atomic E-state index is -0.181. The fourth-order valence-electron chi connectivity index (χ4n) is 5.73. The summed E-state index contributed by atoms with van der Waals surface area (Å²) in [7, 11) is 7.90. The number of amides is 1. The highest BCUT2D eigenvalue weighted by molar-refractivity contribution is 5.91. The van der Waals surface area contributed by atoms with Crippen molar-refractivity contribution in [2.24, 2.45) is 0 Å². The number of carbonyl (C=O) groups is 1. The summed E-state index contributed by atoms with van der Waals surface area (Å²) < 4.78 is 1.81. The highest BCUT2D eigenvalue weighted by atomic mass is 16.2. The Labute approximate surface area is 232 Å². The van der Waals surface area contributed by atoms with Crippen LogP contribution in [0.4, 0.5) is 11.4 Å². The van der Waals surface area contributed by atoms with Gasteiger partial charge in [0.25, 0.3) is 5.91 Å². The van der Waals surface area contributed by atoms with Crippen molar-refractivity contribution in [1.82, 2.24) is 24.6 Å². The van der Waals surface area contributed by atoms with E-state index in [1.54, 1.807) is 11.9 Å². The molecule has 8 nitrogen and oxygen atoms in total. The van der Waals surface area contributed by atoms with Crippen molar-refractivity contribution in [1.29, 1.82) is 0 Å². The molecule has 0 N–H and O–H groups in total.